The second-order valence-corrected chi connectivity index (χ2v) is 5.70. The number of halogens is 1. The number of rotatable bonds is 3. The van der Waals surface area contributed by atoms with E-state index in [1.54, 1.807) is 20.1 Å². The van der Waals surface area contributed by atoms with E-state index in [0.717, 1.165) is 21.7 Å². The van der Waals surface area contributed by atoms with Gasteiger partial charge in [0, 0.05) is 16.6 Å². The van der Waals surface area contributed by atoms with Crippen LogP contribution in [0.2, 0.25) is 0 Å². The number of H-pyrrole nitrogens is 1. The number of nitrogen functional groups attached to an aromatic ring is 1. The molecular formula is C15H14FN3OS. The van der Waals surface area contributed by atoms with E-state index >= 15 is 0 Å². The number of hydrogen-bond donors (Lipinski definition) is 2. The van der Waals surface area contributed by atoms with Crippen molar-refractivity contribution >= 4 is 28.5 Å². The molecule has 3 aromatic rings. The molecule has 0 saturated heterocycles. The quantitative estimate of drug-likeness (QED) is 0.723. The molecular weight excluding hydrogens is 289 g/mol. The standard InChI is InChI=1S/C15H14FN3OS/c1-8-5-14(11(17)7-10(8)16)21-15-18-12-4-3-9(20-2)6-13(12)19-15/h3-7H,17H2,1-2H3,(H,18,19). The van der Waals surface area contributed by atoms with Crippen molar-refractivity contribution in [1.29, 1.82) is 0 Å². The fourth-order valence-corrected chi connectivity index (χ4v) is 2.93. The third kappa shape index (κ3) is 2.67. The van der Waals surface area contributed by atoms with Gasteiger partial charge in [-0.3, -0.25) is 0 Å². The highest BCUT2D eigenvalue weighted by Gasteiger charge is 2.10. The summed E-state index contributed by atoms with van der Waals surface area (Å²) in [7, 11) is 1.62. The van der Waals surface area contributed by atoms with Gasteiger partial charge >= 0.3 is 0 Å². The van der Waals surface area contributed by atoms with E-state index in [4.69, 9.17) is 10.5 Å². The van der Waals surface area contributed by atoms with Crippen molar-refractivity contribution in [1.82, 2.24) is 9.97 Å². The molecule has 21 heavy (non-hydrogen) atoms. The molecule has 0 aliphatic heterocycles. The number of benzene rings is 2. The van der Waals surface area contributed by atoms with Crippen LogP contribution in [-0.2, 0) is 0 Å². The van der Waals surface area contributed by atoms with Gasteiger partial charge in [0.25, 0.3) is 0 Å². The van der Waals surface area contributed by atoms with Crippen molar-refractivity contribution in [3.05, 3.63) is 41.7 Å². The van der Waals surface area contributed by atoms with Crippen LogP contribution in [0.25, 0.3) is 11.0 Å². The van der Waals surface area contributed by atoms with Crippen molar-refractivity contribution in [3.8, 4) is 5.75 Å². The predicted molar refractivity (Wildman–Crippen MR) is 82.3 cm³/mol. The maximum absolute atomic E-state index is 13.4. The Morgan fingerprint density at radius 3 is 2.86 bits per heavy atom. The highest BCUT2D eigenvalue weighted by Crippen LogP contribution is 2.33. The Kier molecular flexibility index (Phi) is 3.47. The van der Waals surface area contributed by atoms with Gasteiger partial charge in [-0.05, 0) is 48.5 Å². The number of imidazole rings is 1. The van der Waals surface area contributed by atoms with Crippen LogP contribution in [0.3, 0.4) is 0 Å². The lowest BCUT2D eigenvalue weighted by Gasteiger charge is -2.05. The summed E-state index contributed by atoms with van der Waals surface area (Å²) in [6.07, 6.45) is 0. The molecule has 2 aromatic carbocycles. The van der Waals surface area contributed by atoms with Gasteiger partial charge in [0.2, 0.25) is 0 Å². The molecule has 4 nitrogen and oxygen atoms in total. The molecule has 1 aromatic heterocycles. The summed E-state index contributed by atoms with van der Waals surface area (Å²) in [5.74, 6) is 0.464. The Balaban J connectivity index is 1.96. The molecule has 0 saturated carbocycles. The molecule has 0 spiro atoms. The molecule has 0 bridgehead atoms. The number of aromatic nitrogens is 2. The Bertz CT molecular complexity index is 816. The summed E-state index contributed by atoms with van der Waals surface area (Å²) < 4.78 is 18.6. The maximum Gasteiger partial charge on any atom is 0.171 e. The molecule has 0 atom stereocenters. The molecule has 3 N–H and O–H groups in total. The van der Waals surface area contributed by atoms with E-state index in [1.165, 1.54) is 17.8 Å². The van der Waals surface area contributed by atoms with Gasteiger partial charge in [0.15, 0.2) is 5.16 Å². The number of ether oxygens (including phenoxy) is 1. The van der Waals surface area contributed by atoms with Crippen molar-refractivity contribution in [2.45, 2.75) is 17.0 Å². The molecule has 0 amide bonds. The summed E-state index contributed by atoms with van der Waals surface area (Å²) in [5.41, 5.74) is 8.55. The van der Waals surface area contributed by atoms with Gasteiger partial charge in [-0.2, -0.15) is 0 Å². The third-order valence-corrected chi connectivity index (χ3v) is 4.13. The summed E-state index contributed by atoms with van der Waals surface area (Å²) in [5, 5.41) is 0.705. The molecule has 0 aliphatic carbocycles. The number of fused-ring (bicyclic) bond motifs is 1. The van der Waals surface area contributed by atoms with E-state index in [2.05, 4.69) is 9.97 Å². The monoisotopic (exact) mass is 303 g/mol. The fourth-order valence-electron chi connectivity index (χ4n) is 2.00. The van der Waals surface area contributed by atoms with Gasteiger partial charge < -0.3 is 15.5 Å². The Labute approximate surface area is 125 Å². The zero-order valence-corrected chi connectivity index (χ0v) is 12.4. The van der Waals surface area contributed by atoms with Crippen LogP contribution < -0.4 is 10.5 Å². The summed E-state index contributed by atoms with van der Waals surface area (Å²) in [4.78, 5) is 8.46. The normalized spacial score (nSPS) is 11.0. The van der Waals surface area contributed by atoms with E-state index in [0.29, 0.717) is 16.4 Å². The molecule has 0 fully saturated rings. The number of nitrogens with zero attached hydrogens (tertiary/aromatic N) is 1. The number of methoxy groups -OCH3 is 1. The Morgan fingerprint density at radius 1 is 1.29 bits per heavy atom. The van der Waals surface area contributed by atoms with Crippen molar-refractivity contribution in [3.63, 3.8) is 0 Å². The maximum atomic E-state index is 13.4. The molecule has 0 aliphatic rings. The van der Waals surface area contributed by atoms with E-state index in [9.17, 15) is 4.39 Å². The average molecular weight is 303 g/mol. The number of aromatic amines is 1. The van der Waals surface area contributed by atoms with Gasteiger partial charge in [0.1, 0.15) is 11.6 Å². The minimum atomic E-state index is -0.300. The van der Waals surface area contributed by atoms with Crippen molar-refractivity contribution in [2.24, 2.45) is 0 Å². The van der Waals surface area contributed by atoms with Crippen LogP contribution in [-0.4, -0.2) is 17.1 Å². The molecule has 6 heteroatoms. The average Bonchev–Trinajstić information content (AvgIpc) is 2.85. The van der Waals surface area contributed by atoms with Crippen LogP contribution in [0.15, 0.2) is 40.4 Å². The first kappa shape index (κ1) is 13.8. The van der Waals surface area contributed by atoms with Gasteiger partial charge in [0.05, 0.1) is 18.1 Å². The predicted octanol–water partition coefficient (Wildman–Crippen LogP) is 3.75. The summed E-state index contributed by atoms with van der Waals surface area (Å²) >= 11 is 1.38. The van der Waals surface area contributed by atoms with Crippen LogP contribution in [0.1, 0.15) is 5.56 Å². The number of nitrogens with one attached hydrogen (secondary N) is 1. The summed E-state index contributed by atoms with van der Waals surface area (Å²) in [6, 6.07) is 8.68. The third-order valence-electron chi connectivity index (χ3n) is 3.17. The first-order valence-corrected chi connectivity index (χ1v) is 7.15. The number of nitrogens with two attached hydrogens (primary N) is 1. The van der Waals surface area contributed by atoms with Gasteiger partial charge in [-0.1, -0.05) is 0 Å². The SMILES string of the molecule is COc1ccc2nc(Sc3cc(C)c(F)cc3N)[nH]c2c1. The Morgan fingerprint density at radius 2 is 2.10 bits per heavy atom. The second-order valence-electron chi connectivity index (χ2n) is 4.67. The number of aryl methyl sites for hydroxylation is 1. The lowest BCUT2D eigenvalue weighted by molar-refractivity contribution is 0.415. The first-order chi connectivity index (χ1) is 10.1. The number of hydrogen-bond acceptors (Lipinski definition) is 4. The summed E-state index contributed by atoms with van der Waals surface area (Å²) in [6.45, 7) is 1.71. The highest BCUT2D eigenvalue weighted by atomic mass is 32.2. The molecule has 3 rings (SSSR count). The van der Waals surface area contributed by atoms with E-state index < -0.39 is 0 Å². The molecule has 0 radical (unpaired) electrons. The van der Waals surface area contributed by atoms with Gasteiger partial charge in [-0.25, -0.2) is 9.37 Å². The van der Waals surface area contributed by atoms with Crippen LogP contribution in [0.4, 0.5) is 10.1 Å². The van der Waals surface area contributed by atoms with Crippen LogP contribution in [0, 0.1) is 12.7 Å². The second kappa shape index (κ2) is 5.29. The first-order valence-electron chi connectivity index (χ1n) is 6.34. The topological polar surface area (TPSA) is 63.9 Å². The highest BCUT2D eigenvalue weighted by molar-refractivity contribution is 7.99. The van der Waals surface area contributed by atoms with Crippen molar-refractivity contribution < 1.29 is 9.13 Å². The molecule has 108 valence electrons. The van der Waals surface area contributed by atoms with Crippen LogP contribution >= 0.6 is 11.8 Å². The lowest BCUT2D eigenvalue weighted by Crippen LogP contribution is -1.93. The largest absolute Gasteiger partial charge is 0.497 e. The Hall–Kier alpha value is -2.21. The molecule has 1 heterocycles. The van der Waals surface area contributed by atoms with E-state index in [1.807, 2.05) is 18.2 Å². The fraction of sp³-hybridized carbons (Fsp3) is 0.133. The van der Waals surface area contributed by atoms with Gasteiger partial charge in [-0.15, -0.1) is 0 Å². The number of anilines is 1. The van der Waals surface area contributed by atoms with Crippen molar-refractivity contribution in [2.75, 3.05) is 12.8 Å². The lowest BCUT2D eigenvalue weighted by atomic mass is 10.2. The molecule has 0 unspecified atom stereocenters. The smallest absolute Gasteiger partial charge is 0.171 e. The van der Waals surface area contributed by atoms with Crippen LogP contribution in [0.5, 0.6) is 5.75 Å². The minimum absolute atomic E-state index is 0.300. The van der Waals surface area contributed by atoms with E-state index in [-0.39, 0.29) is 5.82 Å². The zero-order valence-electron chi connectivity index (χ0n) is 11.6. The minimum Gasteiger partial charge on any atom is -0.497 e. The zero-order chi connectivity index (χ0) is 15.0.